The first-order valence-electron chi connectivity index (χ1n) is 4.79. The van der Waals surface area contributed by atoms with Crippen LogP contribution in [0, 0.1) is 11.6 Å². The van der Waals surface area contributed by atoms with Crippen LogP contribution in [-0.2, 0) is 0 Å². The van der Waals surface area contributed by atoms with Gasteiger partial charge in [0.25, 0.3) is 0 Å². The van der Waals surface area contributed by atoms with E-state index in [2.05, 4.69) is 4.98 Å². The van der Waals surface area contributed by atoms with Crippen molar-refractivity contribution in [3.63, 3.8) is 0 Å². The summed E-state index contributed by atoms with van der Waals surface area (Å²) in [5, 5.41) is 0. The Bertz CT molecular complexity index is 584. The van der Waals surface area contributed by atoms with Crippen LogP contribution in [0.1, 0.15) is 15.9 Å². The van der Waals surface area contributed by atoms with E-state index in [0.717, 1.165) is 12.1 Å². The molecular formula is C12H8F2N2O. The van der Waals surface area contributed by atoms with E-state index in [1.54, 1.807) is 0 Å². The van der Waals surface area contributed by atoms with Crippen molar-refractivity contribution in [1.29, 1.82) is 0 Å². The Hall–Kier alpha value is -2.30. The summed E-state index contributed by atoms with van der Waals surface area (Å²) in [7, 11) is 0. The van der Waals surface area contributed by atoms with Crippen molar-refractivity contribution < 1.29 is 13.6 Å². The molecular weight excluding hydrogens is 226 g/mol. The van der Waals surface area contributed by atoms with Crippen LogP contribution in [0.15, 0.2) is 36.7 Å². The van der Waals surface area contributed by atoms with Crippen LogP contribution in [0.3, 0.4) is 0 Å². The Kier molecular flexibility index (Phi) is 2.82. The number of aromatic nitrogens is 1. The number of hydrogen-bond donors (Lipinski definition) is 1. The number of rotatable bonds is 2. The molecule has 0 saturated heterocycles. The van der Waals surface area contributed by atoms with Gasteiger partial charge < -0.3 is 5.73 Å². The normalized spacial score (nSPS) is 10.2. The Morgan fingerprint density at radius 2 is 1.94 bits per heavy atom. The van der Waals surface area contributed by atoms with Crippen LogP contribution in [0.25, 0.3) is 0 Å². The summed E-state index contributed by atoms with van der Waals surface area (Å²) in [5.74, 6) is -2.27. The van der Waals surface area contributed by atoms with E-state index in [1.807, 2.05) is 0 Å². The zero-order valence-corrected chi connectivity index (χ0v) is 8.65. The molecule has 86 valence electrons. The van der Waals surface area contributed by atoms with Gasteiger partial charge in [-0.1, -0.05) is 0 Å². The van der Waals surface area contributed by atoms with Gasteiger partial charge in [-0.15, -0.1) is 0 Å². The molecule has 0 aliphatic carbocycles. The molecule has 0 unspecified atom stereocenters. The maximum Gasteiger partial charge on any atom is 0.199 e. The van der Waals surface area contributed by atoms with E-state index in [-0.39, 0.29) is 16.8 Å². The molecule has 0 bridgehead atoms. The molecule has 3 nitrogen and oxygen atoms in total. The molecule has 0 aliphatic heterocycles. The van der Waals surface area contributed by atoms with Gasteiger partial charge in [-0.05, 0) is 18.2 Å². The summed E-state index contributed by atoms with van der Waals surface area (Å²) in [4.78, 5) is 15.7. The van der Waals surface area contributed by atoms with E-state index in [4.69, 9.17) is 5.73 Å². The highest BCUT2D eigenvalue weighted by Gasteiger charge is 2.16. The highest BCUT2D eigenvalue weighted by Crippen LogP contribution is 2.18. The van der Waals surface area contributed by atoms with E-state index in [0.29, 0.717) is 6.07 Å². The second kappa shape index (κ2) is 4.29. The van der Waals surface area contributed by atoms with E-state index < -0.39 is 17.4 Å². The SMILES string of the molecule is Nc1ccncc1C(=O)c1ccc(F)cc1F. The topological polar surface area (TPSA) is 56.0 Å². The van der Waals surface area contributed by atoms with E-state index in [9.17, 15) is 13.6 Å². The number of pyridine rings is 1. The second-order valence-corrected chi connectivity index (χ2v) is 3.42. The summed E-state index contributed by atoms with van der Waals surface area (Å²) in [6, 6.07) is 4.19. The van der Waals surface area contributed by atoms with Crippen molar-refractivity contribution in [3.8, 4) is 0 Å². The Balaban J connectivity index is 2.48. The maximum absolute atomic E-state index is 13.4. The van der Waals surface area contributed by atoms with Gasteiger partial charge in [-0.2, -0.15) is 0 Å². The van der Waals surface area contributed by atoms with E-state index in [1.165, 1.54) is 18.5 Å². The molecule has 2 N–H and O–H groups in total. The number of carbonyl (C=O) groups excluding carboxylic acids is 1. The summed E-state index contributed by atoms with van der Waals surface area (Å²) in [5.41, 5.74) is 5.65. The molecule has 0 aliphatic rings. The van der Waals surface area contributed by atoms with Crippen LogP contribution in [0.5, 0.6) is 0 Å². The molecule has 0 amide bonds. The van der Waals surface area contributed by atoms with Gasteiger partial charge in [0.1, 0.15) is 11.6 Å². The predicted molar refractivity (Wildman–Crippen MR) is 58.4 cm³/mol. The van der Waals surface area contributed by atoms with Gasteiger partial charge in [0.05, 0.1) is 11.1 Å². The van der Waals surface area contributed by atoms with Crippen molar-refractivity contribution in [2.45, 2.75) is 0 Å². The van der Waals surface area contributed by atoms with Crippen molar-refractivity contribution in [2.24, 2.45) is 0 Å². The third-order valence-electron chi connectivity index (χ3n) is 2.28. The lowest BCUT2D eigenvalue weighted by atomic mass is 10.0. The number of nitrogens with two attached hydrogens (primary N) is 1. The summed E-state index contributed by atoms with van der Waals surface area (Å²) >= 11 is 0. The van der Waals surface area contributed by atoms with Crippen molar-refractivity contribution in [1.82, 2.24) is 4.98 Å². The minimum Gasteiger partial charge on any atom is -0.398 e. The van der Waals surface area contributed by atoms with Gasteiger partial charge in [-0.25, -0.2) is 8.78 Å². The maximum atomic E-state index is 13.4. The fraction of sp³-hybridized carbons (Fsp3) is 0. The molecule has 2 rings (SSSR count). The number of nitrogens with zero attached hydrogens (tertiary/aromatic N) is 1. The predicted octanol–water partition coefficient (Wildman–Crippen LogP) is 2.17. The summed E-state index contributed by atoms with van der Waals surface area (Å²) in [6.45, 7) is 0. The minimum atomic E-state index is -0.918. The highest BCUT2D eigenvalue weighted by atomic mass is 19.1. The molecule has 0 saturated carbocycles. The first-order valence-corrected chi connectivity index (χ1v) is 4.79. The summed E-state index contributed by atoms with van der Waals surface area (Å²) < 4.78 is 26.1. The molecule has 17 heavy (non-hydrogen) atoms. The standard InChI is InChI=1S/C12H8F2N2O/c13-7-1-2-8(10(14)5-7)12(17)9-6-16-4-3-11(9)15/h1-6H,(H2,15,16). The lowest BCUT2D eigenvalue weighted by Gasteiger charge is -2.04. The van der Waals surface area contributed by atoms with Crippen molar-refractivity contribution >= 4 is 11.5 Å². The first-order chi connectivity index (χ1) is 8.09. The minimum absolute atomic E-state index is 0.0954. The number of benzene rings is 1. The fourth-order valence-corrected chi connectivity index (χ4v) is 1.41. The largest absolute Gasteiger partial charge is 0.398 e. The van der Waals surface area contributed by atoms with Crippen LogP contribution in [-0.4, -0.2) is 10.8 Å². The molecule has 0 fully saturated rings. The molecule has 5 heteroatoms. The molecule has 0 spiro atoms. The number of carbonyl (C=O) groups is 1. The Morgan fingerprint density at radius 3 is 2.59 bits per heavy atom. The third kappa shape index (κ3) is 2.13. The van der Waals surface area contributed by atoms with Gasteiger partial charge in [0, 0.05) is 24.1 Å². The van der Waals surface area contributed by atoms with Gasteiger partial charge in [-0.3, -0.25) is 9.78 Å². The van der Waals surface area contributed by atoms with Crippen molar-refractivity contribution in [2.75, 3.05) is 5.73 Å². The lowest BCUT2D eigenvalue weighted by Crippen LogP contribution is -2.08. The number of halogens is 2. The van der Waals surface area contributed by atoms with Crippen molar-refractivity contribution in [3.05, 3.63) is 59.4 Å². The van der Waals surface area contributed by atoms with Gasteiger partial charge >= 0.3 is 0 Å². The van der Waals surface area contributed by atoms with Crippen LogP contribution in [0.4, 0.5) is 14.5 Å². The second-order valence-electron chi connectivity index (χ2n) is 3.42. The monoisotopic (exact) mass is 234 g/mol. The number of anilines is 1. The summed E-state index contributed by atoms with van der Waals surface area (Å²) in [6.07, 6.45) is 2.67. The molecule has 0 radical (unpaired) electrons. The zero-order valence-electron chi connectivity index (χ0n) is 8.65. The number of ketones is 1. The molecule has 1 heterocycles. The Labute approximate surface area is 95.9 Å². The van der Waals surface area contributed by atoms with E-state index >= 15 is 0 Å². The van der Waals surface area contributed by atoms with Crippen LogP contribution < -0.4 is 5.73 Å². The molecule has 1 aromatic heterocycles. The Morgan fingerprint density at radius 1 is 1.18 bits per heavy atom. The fourth-order valence-electron chi connectivity index (χ4n) is 1.41. The molecule has 2 aromatic rings. The molecule has 1 aromatic carbocycles. The average molecular weight is 234 g/mol. The van der Waals surface area contributed by atoms with Gasteiger partial charge in [0.2, 0.25) is 0 Å². The zero-order chi connectivity index (χ0) is 12.4. The van der Waals surface area contributed by atoms with Gasteiger partial charge in [0.15, 0.2) is 5.78 Å². The quantitative estimate of drug-likeness (QED) is 0.810. The smallest absolute Gasteiger partial charge is 0.199 e. The first kappa shape index (κ1) is 11.2. The lowest BCUT2D eigenvalue weighted by molar-refractivity contribution is 0.103. The van der Waals surface area contributed by atoms with Crippen LogP contribution in [0.2, 0.25) is 0 Å². The number of nitrogen functional groups attached to an aromatic ring is 1. The van der Waals surface area contributed by atoms with Crippen LogP contribution >= 0.6 is 0 Å². The molecule has 0 atom stereocenters. The number of hydrogen-bond acceptors (Lipinski definition) is 3. The third-order valence-corrected chi connectivity index (χ3v) is 2.28. The average Bonchev–Trinajstić information content (AvgIpc) is 2.29. The highest BCUT2D eigenvalue weighted by molar-refractivity contribution is 6.11.